The second-order valence-corrected chi connectivity index (χ2v) is 8.31. The van der Waals surface area contributed by atoms with E-state index in [-0.39, 0.29) is 5.91 Å². The first-order valence-corrected chi connectivity index (χ1v) is 10.5. The van der Waals surface area contributed by atoms with Crippen molar-refractivity contribution in [3.8, 4) is 22.3 Å². The van der Waals surface area contributed by atoms with E-state index in [0.717, 1.165) is 49.2 Å². The SMILES string of the molecule is CC(=O)Nc1cccc(-c2cnc(N)c3c(-c4ccc5[nH]c(C)cc5c4)csc23)c1. The molecule has 5 aromatic rings. The van der Waals surface area contributed by atoms with Crippen LogP contribution in [0.5, 0.6) is 0 Å². The lowest BCUT2D eigenvalue weighted by molar-refractivity contribution is -0.114. The third-order valence-corrected chi connectivity index (χ3v) is 6.20. The number of nitrogens with zero attached hydrogens (tertiary/aromatic N) is 1. The van der Waals surface area contributed by atoms with E-state index in [2.05, 4.69) is 51.9 Å². The Labute approximate surface area is 177 Å². The Morgan fingerprint density at radius 3 is 2.77 bits per heavy atom. The van der Waals surface area contributed by atoms with E-state index in [4.69, 9.17) is 5.73 Å². The number of hydrogen-bond acceptors (Lipinski definition) is 4. The zero-order valence-electron chi connectivity index (χ0n) is 16.6. The minimum atomic E-state index is -0.0958. The lowest BCUT2D eigenvalue weighted by atomic mass is 10.0. The van der Waals surface area contributed by atoms with Crippen molar-refractivity contribution in [3.05, 3.63) is 65.8 Å². The smallest absolute Gasteiger partial charge is 0.221 e. The number of thiophene rings is 1. The molecule has 2 aromatic carbocycles. The van der Waals surface area contributed by atoms with Gasteiger partial charge < -0.3 is 16.0 Å². The molecule has 30 heavy (non-hydrogen) atoms. The van der Waals surface area contributed by atoms with Gasteiger partial charge in [-0.25, -0.2) is 4.98 Å². The van der Waals surface area contributed by atoms with Crippen LogP contribution in [0, 0.1) is 6.92 Å². The van der Waals surface area contributed by atoms with Crippen molar-refractivity contribution in [1.29, 1.82) is 0 Å². The van der Waals surface area contributed by atoms with Gasteiger partial charge in [0.15, 0.2) is 0 Å². The summed E-state index contributed by atoms with van der Waals surface area (Å²) in [4.78, 5) is 19.3. The first-order chi connectivity index (χ1) is 14.5. The van der Waals surface area contributed by atoms with Gasteiger partial charge in [-0.15, -0.1) is 11.3 Å². The second-order valence-electron chi connectivity index (χ2n) is 7.43. The highest BCUT2D eigenvalue weighted by Crippen LogP contribution is 2.42. The van der Waals surface area contributed by atoms with Crippen molar-refractivity contribution in [2.75, 3.05) is 11.1 Å². The van der Waals surface area contributed by atoms with Crippen molar-refractivity contribution in [2.45, 2.75) is 13.8 Å². The number of amides is 1. The summed E-state index contributed by atoms with van der Waals surface area (Å²) in [7, 11) is 0. The lowest BCUT2D eigenvalue weighted by Crippen LogP contribution is -2.05. The number of fused-ring (bicyclic) bond motifs is 2. The number of pyridine rings is 1. The molecule has 5 rings (SSSR count). The average molecular weight is 413 g/mol. The van der Waals surface area contributed by atoms with E-state index in [1.54, 1.807) is 11.3 Å². The van der Waals surface area contributed by atoms with Crippen molar-refractivity contribution >= 4 is 49.7 Å². The summed E-state index contributed by atoms with van der Waals surface area (Å²) < 4.78 is 1.09. The Morgan fingerprint density at radius 1 is 1.10 bits per heavy atom. The van der Waals surface area contributed by atoms with E-state index in [1.165, 1.54) is 12.3 Å². The third kappa shape index (κ3) is 3.11. The molecule has 5 nitrogen and oxygen atoms in total. The van der Waals surface area contributed by atoms with Gasteiger partial charge in [-0.1, -0.05) is 18.2 Å². The molecule has 4 N–H and O–H groups in total. The zero-order chi connectivity index (χ0) is 20.8. The van der Waals surface area contributed by atoms with Crippen molar-refractivity contribution in [3.63, 3.8) is 0 Å². The largest absolute Gasteiger partial charge is 0.383 e. The molecule has 0 aliphatic heterocycles. The van der Waals surface area contributed by atoms with Gasteiger partial charge in [0.25, 0.3) is 0 Å². The Hall–Kier alpha value is -3.64. The van der Waals surface area contributed by atoms with Gasteiger partial charge in [0, 0.05) is 56.6 Å². The van der Waals surface area contributed by atoms with Gasteiger partial charge in [0.1, 0.15) is 5.82 Å². The number of carbonyl (C=O) groups excluding carboxylic acids is 1. The standard InChI is InChI=1S/C24H20N4OS/c1-13-8-17-9-16(6-7-21(17)27-13)20-12-30-23-19(11-26-24(25)22(20)23)15-4-3-5-18(10-15)28-14(2)29/h3-12,27H,1-2H3,(H2,25,26)(H,28,29). The van der Waals surface area contributed by atoms with E-state index < -0.39 is 0 Å². The molecule has 0 radical (unpaired) electrons. The number of rotatable bonds is 3. The molecule has 0 saturated heterocycles. The summed E-state index contributed by atoms with van der Waals surface area (Å²) in [6.45, 7) is 3.56. The van der Waals surface area contributed by atoms with E-state index in [1.807, 2.05) is 30.5 Å². The number of anilines is 2. The number of carbonyl (C=O) groups is 1. The Kier molecular flexibility index (Phi) is 4.29. The number of benzene rings is 2. The Bertz CT molecular complexity index is 1430. The molecular formula is C24H20N4OS. The van der Waals surface area contributed by atoms with Crippen LogP contribution in [0.3, 0.4) is 0 Å². The highest BCUT2D eigenvalue weighted by atomic mass is 32.1. The summed E-state index contributed by atoms with van der Waals surface area (Å²) >= 11 is 1.66. The maximum absolute atomic E-state index is 11.4. The van der Waals surface area contributed by atoms with Crippen molar-refractivity contribution < 1.29 is 4.79 Å². The fraction of sp³-hybridized carbons (Fsp3) is 0.0833. The molecule has 148 valence electrons. The molecule has 0 atom stereocenters. The first-order valence-electron chi connectivity index (χ1n) is 9.63. The quantitative estimate of drug-likeness (QED) is 0.342. The predicted octanol–water partition coefficient (Wildman–Crippen LogP) is 5.96. The molecule has 0 aliphatic rings. The van der Waals surface area contributed by atoms with Crippen molar-refractivity contribution in [1.82, 2.24) is 9.97 Å². The number of hydrogen-bond donors (Lipinski definition) is 3. The number of nitrogen functional groups attached to an aromatic ring is 1. The van der Waals surface area contributed by atoms with Crippen LogP contribution < -0.4 is 11.1 Å². The van der Waals surface area contributed by atoms with Gasteiger partial charge in [-0.05, 0) is 53.8 Å². The summed E-state index contributed by atoms with van der Waals surface area (Å²) in [5.74, 6) is 0.426. The van der Waals surface area contributed by atoms with Crippen LogP contribution in [-0.4, -0.2) is 15.9 Å². The molecule has 0 fully saturated rings. The normalized spacial score (nSPS) is 11.3. The highest BCUT2D eigenvalue weighted by molar-refractivity contribution is 7.18. The molecule has 0 spiro atoms. The monoisotopic (exact) mass is 412 g/mol. The van der Waals surface area contributed by atoms with E-state index >= 15 is 0 Å². The Morgan fingerprint density at radius 2 is 1.93 bits per heavy atom. The van der Waals surface area contributed by atoms with Crippen LogP contribution in [0.15, 0.2) is 60.1 Å². The summed E-state index contributed by atoms with van der Waals surface area (Å²) in [5.41, 5.74) is 13.5. The molecule has 1 amide bonds. The Balaban J connectivity index is 1.67. The molecule has 0 bridgehead atoms. The summed E-state index contributed by atoms with van der Waals surface area (Å²) in [5, 5.41) is 7.13. The lowest BCUT2D eigenvalue weighted by Gasteiger charge is -2.09. The molecule has 0 saturated carbocycles. The minimum absolute atomic E-state index is 0.0958. The third-order valence-electron chi connectivity index (χ3n) is 5.18. The number of H-pyrrole nitrogens is 1. The number of aryl methyl sites for hydroxylation is 1. The second kappa shape index (κ2) is 7.00. The maximum atomic E-state index is 11.4. The van der Waals surface area contributed by atoms with Crippen LogP contribution in [0.25, 0.3) is 43.2 Å². The topological polar surface area (TPSA) is 83.8 Å². The summed E-state index contributed by atoms with van der Waals surface area (Å²) in [6, 6.07) is 16.3. The van der Waals surface area contributed by atoms with Gasteiger partial charge in [-0.2, -0.15) is 0 Å². The molecule has 3 aromatic heterocycles. The molecule has 0 aliphatic carbocycles. The van der Waals surface area contributed by atoms with E-state index in [9.17, 15) is 4.79 Å². The zero-order valence-corrected chi connectivity index (χ0v) is 17.4. The van der Waals surface area contributed by atoms with E-state index in [0.29, 0.717) is 5.82 Å². The molecule has 6 heteroatoms. The average Bonchev–Trinajstić information content (AvgIpc) is 3.31. The van der Waals surface area contributed by atoms with Gasteiger partial charge in [0.05, 0.1) is 0 Å². The highest BCUT2D eigenvalue weighted by Gasteiger charge is 2.16. The van der Waals surface area contributed by atoms with Crippen LogP contribution in [0.1, 0.15) is 12.6 Å². The predicted molar refractivity (Wildman–Crippen MR) is 126 cm³/mol. The maximum Gasteiger partial charge on any atom is 0.221 e. The molecule has 0 unspecified atom stereocenters. The van der Waals surface area contributed by atoms with Crippen LogP contribution in [-0.2, 0) is 4.79 Å². The number of nitrogens with one attached hydrogen (secondary N) is 2. The number of aromatic nitrogens is 2. The molecule has 3 heterocycles. The number of nitrogens with two attached hydrogens (primary N) is 1. The van der Waals surface area contributed by atoms with Crippen LogP contribution in [0.4, 0.5) is 11.5 Å². The van der Waals surface area contributed by atoms with Crippen molar-refractivity contribution in [2.24, 2.45) is 0 Å². The fourth-order valence-electron chi connectivity index (χ4n) is 3.90. The van der Waals surface area contributed by atoms with Gasteiger partial charge in [0.2, 0.25) is 5.91 Å². The van der Waals surface area contributed by atoms with Crippen LogP contribution in [0.2, 0.25) is 0 Å². The van der Waals surface area contributed by atoms with Gasteiger partial charge in [-0.3, -0.25) is 4.79 Å². The van der Waals surface area contributed by atoms with Crippen LogP contribution >= 0.6 is 11.3 Å². The molecular weight excluding hydrogens is 392 g/mol. The first kappa shape index (κ1) is 18.4. The minimum Gasteiger partial charge on any atom is -0.383 e. The fourth-order valence-corrected chi connectivity index (χ4v) is 5.02. The summed E-state index contributed by atoms with van der Waals surface area (Å²) in [6.07, 6.45) is 1.81. The van der Waals surface area contributed by atoms with Gasteiger partial charge >= 0.3 is 0 Å². The number of aromatic amines is 1.